The van der Waals surface area contributed by atoms with Crippen LogP contribution in [0, 0.1) is 0 Å². The number of benzene rings is 7. The normalized spacial score (nSPS) is 11.6. The molecule has 10 heteroatoms. The van der Waals surface area contributed by atoms with E-state index in [0.717, 1.165) is 44.2 Å². The number of nitrogens with zero attached hydrogens (tertiary/aromatic N) is 3. The van der Waals surface area contributed by atoms with Crippen molar-refractivity contribution in [2.24, 2.45) is 0 Å². The predicted molar refractivity (Wildman–Crippen MR) is 234 cm³/mol. The van der Waals surface area contributed by atoms with Crippen LogP contribution in [-0.2, 0) is 0 Å². The lowest BCUT2D eigenvalue weighted by Gasteiger charge is -2.21. The Morgan fingerprint density at radius 1 is 0.400 bits per heavy atom. The van der Waals surface area contributed by atoms with Crippen LogP contribution in [0.3, 0.4) is 0 Å². The van der Waals surface area contributed by atoms with Crippen molar-refractivity contribution in [1.82, 2.24) is 15.0 Å². The topological polar surface area (TPSA) is 51.8 Å². The Balaban J connectivity index is 1.12. The minimum absolute atomic E-state index is 0.164. The number of fused-ring (bicyclic) bond motifs is 6. The fourth-order valence-electron chi connectivity index (χ4n) is 7.38. The molecule has 7 aromatic carbocycles. The first kappa shape index (κ1) is 33.5. The molecule has 0 aliphatic rings. The van der Waals surface area contributed by atoms with Crippen LogP contribution in [-0.4, -0.2) is 54.2 Å². The first-order valence-corrected chi connectivity index (χ1v) is 18.4. The van der Waals surface area contributed by atoms with Gasteiger partial charge in [0.05, 0.1) is 0 Å². The van der Waals surface area contributed by atoms with E-state index >= 15 is 0 Å². The average Bonchev–Trinajstić information content (AvgIpc) is 3.80. The maximum atomic E-state index is 6.44. The molecular formula is C45H22B5N3OS. The summed E-state index contributed by atoms with van der Waals surface area (Å²) in [6, 6.07) is 45.0. The van der Waals surface area contributed by atoms with E-state index in [1.54, 1.807) is 0 Å². The summed E-state index contributed by atoms with van der Waals surface area (Å²) in [5.74, 6) is 1.51. The van der Waals surface area contributed by atoms with Crippen molar-refractivity contribution in [3.05, 3.63) is 133 Å². The van der Waals surface area contributed by atoms with Gasteiger partial charge in [0.25, 0.3) is 0 Å². The number of aromatic nitrogens is 3. The van der Waals surface area contributed by atoms with Crippen molar-refractivity contribution in [3.63, 3.8) is 0 Å². The van der Waals surface area contributed by atoms with Gasteiger partial charge in [0.1, 0.15) is 50.4 Å². The number of hydrogen-bond donors (Lipinski definition) is 0. The summed E-state index contributed by atoms with van der Waals surface area (Å²) in [6.45, 7) is 0. The summed E-state index contributed by atoms with van der Waals surface area (Å²) >= 11 is 1.82. The van der Waals surface area contributed by atoms with E-state index in [4.69, 9.17) is 58.6 Å². The zero-order chi connectivity index (χ0) is 37.4. The zero-order valence-electron chi connectivity index (χ0n) is 29.2. The highest BCUT2D eigenvalue weighted by Crippen LogP contribution is 2.42. The quantitative estimate of drug-likeness (QED) is 0.194. The maximum absolute atomic E-state index is 6.44. The average molecular weight is 707 g/mol. The molecule has 55 heavy (non-hydrogen) atoms. The van der Waals surface area contributed by atoms with Crippen LogP contribution < -0.4 is 27.3 Å². The van der Waals surface area contributed by atoms with E-state index in [1.807, 2.05) is 78.1 Å². The minimum atomic E-state index is 0.164. The molecule has 10 radical (unpaired) electrons. The van der Waals surface area contributed by atoms with Crippen molar-refractivity contribution in [2.45, 2.75) is 0 Å². The molecule has 10 aromatic rings. The molecule has 0 bridgehead atoms. The Labute approximate surface area is 327 Å². The lowest BCUT2D eigenvalue weighted by molar-refractivity contribution is 0.669. The van der Waals surface area contributed by atoms with Gasteiger partial charge in [-0.1, -0.05) is 102 Å². The molecule has 0 spiro atoms. The van der Waals surface area contributed by atoms with Crippen LogP contribution in [0.25, 0.3) is 98.5 Å². The molecule has 3 aromatic heterocycles. The molecule has 0 fully saturated rings. The van der Waals surface area contributed by atoms with E-state index in [1.165, 1.54) is 25.7 Å². The largest absolute Gasteiger partial charge is 0.456 e. The van der Waals surface area contributed by atoms with Crippen molar-refractivity contribution in [2.75, 3.05) is 0 Å². The second kappa shape index (κ2) is 13.0. The Morgan fingerprint density at radius 3 is 1.65 bits per heavy atom. The number of thiophene rings is 1. The van der Waals surface area contributed by atoms with Gasteiger partial charge in [0.2, 0.25) is 0 Å². The highest BCUT2D eigenvalue weighted by Gasteiger charge is 2.18. The number of furan rings is 1. The molecule has 244 valence electrons. The zero-order valence-corrected chi connectivity index (χ0v) is 30.1. The van der Waals surface area contributed by atoms with Gasteiger partial charge in [-0.25, -0.2) is 15.0 Å². The molecule has 0 unspecified atom stereocenters. The van der Waals surface area contributed by atoms with E-state index in [2.05, 4.69) is 66.7 Å². The second-order valence-electron chi connectivity index (χ2n) is 13.5. The Morgan fingerprint density at radius 2 is 0.927 bits per heavy atom. The van der Waals surface area contributed by atoms with Gasteiger partial charge in [-0.05, 0) is 64.7 Å². The molecule has 0 N–H and O–H groups in total. The van der Waals surface area contributed by atoms with Gasteiger partial charge in [-0.15, -0.1) is 27.7 Å². The van der Waals surface area contributed by atoms with Crippen LogP contribution in [0.15, 0.2) is 138 Å². The van der Waals surface area contributed by atoms with Gasteiger partial charge in [0, 0.05) is 47.6 Å². The summed E-state index contributed by atoms with van der Waals surface area (Å²) < 4.78 is 8.90. The van der Waals surface area contributed by atoms with Crippen molar-refractivity contribution >= 4 is 120 Å². The summed E-state index contributed by atoms with van der Waals surface area (Å²) in [5, 5.41) is 4.51. The van der Waals surface area contributed by atoms with Crippen LogP contribution >= 0.6 is 11.3 Å². The fraction of sp³-hybridized carbons (Fsp3) is 0. The standard InChI is InChI=1S/C45H22B5N3OS/c46-37-36(38(47)40(49)41(50)39(37)48)25-10-6-11-26(20-25)44-51-43(23-8-2-1-3-9-23)52-45(53-44)27-17-19-34-32(22-27)31-21-24(16-18-33(31)54-34)28-13-7-14-30-29-12-4-5-15-35(29)55-42(28)30/h1-22H. The highest BCUT2D eigenvalue weighted by molar-refractivity contribution is 7.26. The van der Waals surface area contributed by atoms with Crippen molar-refractivity contribution in [1.29, 1.82) is 0 Å². The molecular weight excluding hydrogens is 685 g/mol. The van der Waals surface area contributed by atoms with Gasteiger partial charge in [-0.2, -0.15) is 0 Å². The Hall–Kier alpha value is -6.11. The van der Waals surface area contributed by atoms with Crippen LogP contribution in [0.1, 0.15) is 0 Å². The third-order valence-electron chi connectivity index (χ3n) is 10.2. The SMILES string of the molecule is [B]c1c([B])c([B])c(-c2cccc(-c3nc(-c4ccccc4)nc(-c4ccc5oc6ccc(-c7cccc8c7sc7ccccc78)cc6c5c4)n3)c2)c([B])c1[B]. The molecule has 4 nitrogen and oxygen atoms in total. The first-order valence-electron chi connectivity index (χ1n) is 17.6. The highest BCUT2D eigenvalue weighted by atomic mass is 32.1. The number of hydrogen-bond acceptors (Lipinski definition) is 5. The van der Waals surface area contributed by atoms with Crippen molar-refractivity contribution < 1.29 is 4.42 Å². The first-order chi connectivity index (χ1) is 26.8. The van der Waals surface area contributed by atoms with Gasteiger partial charge >= 0.3 is 0 Å². The van der Waals surface area contributed by atoms with Crippen LogP contribution in [0.2, 0.25) is 0 Å². The summed E-state index contributed by atoms with van der Waals surface area (Å²) in [5.41, 5.74) is 8.54. The van der Waals surface area contributed by atoms with E-state index in [9.17, 15) is 0 Å². The van der Waals surface area contributed by atoms with Gasteiger partial charge in [-0.3, -0.25) is 0 Å². The molecule has 0 aliphatic heterocycles. The van der Waals surface area contributed by atoms with Gasteiger partial charge < -0.3 is 4.42 Å². The van der Waals surface area contributed by atoms with E-state index < -0.39 is 0 Å². The lowest BCUT2D eigenvalue weighted by atomic mass is 9.59. The Bertz CT molecular complexity index is 3150. The Kier molecular flexibility index (Phi) is 7.93. The minimum Gasteiger partial charge on any atom is -0.456 e. The molecule has 0 saturated heterocycles. The fourth-order valence-corrected chi connectivity index (χ4v) is 8.62. The number of rotatable bonds is 5. The van der Waals surface area contributed by atoms with E-state index in [-0.39, 0.29) is 27.3 Å². The maximum Gasteiger partial charge on any atom is 0.164 e. The second-order valence-corrected chi connectivity index (χ2v) is 14.6. The third-order valence-corrected chi connectivity index (χ3v) is 11.4. The molecule has 0 amide bonds. The van der Waals surface area contributed by atoms with Crippen LogP contribution in [0.5, 0.6) is 0 Å². The molecule has 10 rings (SSSR count). The molecule has 0 saturated carbocycles. The van der Waals surface area contributed by atoms with Crippen LogP contribution in [0.4, 0.5) is 0 Å². The lowest BCUT2D eigenvalue weighted by Crippen LogP contribution is -2.55. The molecule has 3 heterocycles. The summed E-state index contributed by atoms with van der Waals surface area (Å²) in [4.78, 5) is 15.0. The smallest absolute Gasteiger partial charge is 0.164 e. The molecule has 0 atom stereocenters. The third kappa shape index (κ3) is 5.54. The molecule has 0 aliphatic carbocycles. The summed E-state index contributed by atoms with van der Waals surface area (Å²) in [7, 11) is 31.4. The summed E-state index contributed by atoms with van der Waals surface area (Å²) in [6.07, 6.45) is 0. The predicted octanol–water partition coefficient (Wildman–Crippen LogP) is 6.44. The van der Waals surface area contributed by atoms with Crippen molar-refractivity contribution in [3.8, 4) is 56.4 Å². The monoisotopic (exact) mass is 707 g/mol. The van der Waals surface area contributed by atoms with E-state index in [0.29, 0.717) is 28.6 Å². The van der Waals surface area contributed by atoms with Gasteiger partial charge in [0.15, 0.2) is 17.5 Å².